The van der Waals surface area contributed by atoms with Crippen LogP contribution < -0.4 is 10.4 Å². The van der Waals surface area contributed by atoms with E-state index >= 15 is 0 Å². The van der Waals surface area contributed by atoms with Crippen molar-refractivity contribution in [3.05, 3.63) is 107 Å². The number of halogens is 2. The Morgan fingerprint density at radius 1 is 0.516 bits per heavy atom. The Bertz CT molecular complexity index is 1250. The summed E-state index contributed by atoms with van der Waals surface area (Å²) in [6.07, 6.45) is 0. The lowest BCUT2D eigenvalue weighted by Crippen LogP contribution is -2.52. The molecule has 0 radical (unpaired) electrons. The van der Waals surface area contributed by atoms with Crippen LogP contribution in [-0.4, -0.2) is 6.69 Å². The molecule has 152 valence electrons. The molecule has 0 amide bonds. The van der Waals surface area contributed by atoms with Gasteiger partial charge in [0, 0.05) is 11.8 Å². The molecule has 2 aliphatic rings. The summed E-state index contributed by atoms with van der Waals surface area (Å²) in [4.78, 5) is 0. The SMILES string of the molecule is CC1c2ccccc2-c2cccc([Si](Cl)(Cl)c3cccc4c3C(C)c3ccccc3-4)c21. The van der Waals surface area contributed by atoms with Gasteiger partial charge in [0.05, 0.1) is 0 Å². The first-order chi connectivity index (χ1) is 15.0. The van der Waals surface area contributed by atoms with Gasteiger partial charge in [0.15, 0.2) is 0 Å². The molecule has 0 fully saturated rings. The van der Waals surface area contributed by atoms with Crippen molar-refractivity contribution in [2.45, 2.75) is 25.7 Å². The van der Waals surface area contributed by atoms with Crippen LogP contribution in [0.2, 0.25) is 0 Å². The van der Waals surface area contributed by atoms with E-state index in [0.717, 1.165) is 10.4 Å². The van der Waals surface area contributed by atoms with Gasteiger partial charge in [-0.05, 0) is 54.9 Å². The fourth-order valence-electron chi connectivity index (χ4n) is 5.78. The summed E-state index contributed by atoms with van der Waals surface area (Å²) >= 11 is 15.0. The average molecular weight is 457 g/mol. The van der Waals surface area contributed by atoms with Gasteiger partial charge in [-0.2, -0.15) is 0 Å². The van der Waals surface area contributed by atoms with E-state index in [1.54, 1.807) is 0 Å². The summed E-state index contributed by atoms with van der Waals surface area (Å²) in [5, 5.41) is 2.27. The highest BCUT2D eigenvalue weighted by Gasteiger charge is 2.43. The van der Waals surface area contributed by atoms with Crippen LogP contribution in [0.4, 0.5) is 0 Å². The predicted molar refractivity (Wildman–Crippen MR) is 136 cm³/mol. The summed E-state index contributed by atoms with van der Waals surface area (Å²) in [5.41, 5.74) is 10.5. The molecule has 0 saturated heterocycles. The van der Waals surface area contributed by atoms with Crippen molar-refractivity contribution in [2.75, 3.05) is 0 Å². The van der Waals surface area contributed by atoms with Crippen LogP contribution in [-0.2, 0) is 0 Å². The predicted octanol–water partition coefficient (Wildman–Crippen LogP) is 6.99. The molecule has 0 N–H and O–H groups in total. The molecule has 2 atom stereocenters. The molecule has 6 rings (SSSR count). The Hall–Kier alpha value is -2.32. The Kier molecular flexibility index (Phi) is 4.27. The Labute approximate surface area is 193 Å². The first-order valence-corrected chi connectivity index (χ1v) is 14.9. The minimum Gasteiger partial charge on any atom is -0.134 e. The number of rotatable bonds is 2. The fraction of sp³-hybridized carbons (Fsp3) is 0.143. The van der Waals surface area contributed by atoms with Crippen molar-refractivity contribution >= 4 is 39.2 Å². The molecule has 2 aliphatic carbocycles. The van der Waals surface area contributed by atoms with Crippen LogP contribution >= 0.6 is 22.2 Å². The van der Waals surface area contributed by atoms with E-state index in [1.165, 1.54) is 44.5 Å². The maximum atomic E-state index is 7.48. The van der Waals surface area contributed by atoms with E-state index in [9.17, 15) is 0 Å². The third-order valence-corrected chi connectivity index (χ3v) is 11.9. The number of hydrogen-bond donors (Lipinski definition) is 0. The highest BCUT2D eigenvalue weighted by molar-refractivity contribution is 7.56. The molecular formula is C28H22Cl2Si. The van der Waals surface area contributed by atoms with Gasteiger partial charge in [0.2, 0.25) is 0 Å². The van der Waals surface area contributed by atoms with Crippen molar-refractivity contribution in [2.24, 2.45) is 0 Å². The smallest absolute Gasteiger partial charge is 0.134 e. The van der Waals surface area contributed by atoms with E-state index < -0.39 is 6.69 Å². The van der Waals surface area contributed by atoms with Crippen LogP contribution in [0.3, 0.4) is 0 Å². The minimum atomic E-state index is -2.99. The minimum absolute atomic E-state index is 0.290. The number of hydrogen-bond acceptors (Lipinski definition) is 0. The van der Waals surface area contributed by atoms with E-state index in [1.807, 2.05) is 0 Å². The van der Waals surface area contributed by atoms with Gasteiger partial charge in [0.1, 0.15) is 0 Å². The van der Waals surface area contributed by atoms with E-state index in [4.69, 9.17) is 22.2 Å². The van der Waals surface area contributed by atoms with E-state index in [-0.39, 0.29) is 11.8 Å². The van der Waals surface area contributed by atoms with Crippen molar-refractivity contribution in [3.63, 3.8) is 0 Å². The number of benzene rings is 4. The normalized spacial score (nSPS) is 18.3. The van der Waals surface area contributed by atoms with Gasteiger partial charge < -0.3 is 0 Å². The van der Waals surface area contributed by atoms with Crippen molar-refractivity contribution in [1.82, 2.24) is 0 Å². The van der Waals surface area contributed by atoms with Crippen molar-refractivity contribution in [3.8, 4) is 22.3 Å². The third kappa shape index (κ3) is 2.61. The molecule has 0 aliphatic heterocycles. The zero-order valence-corrected chi connectivity index (χ0v) is 20.0. The molecule has 0 aromatic heterocycles. The topological polar surface area (TPSA) is 0 Å². The molecule has 31 heavy (non-hydrogen) atoms. The largest absolute Gasteiger partial charge is 0.311 e. The van der Waals surface area contributed by atoms with Crippen LogP contribution in [0.15, 0.2) is 84.9 Å². The second-order valence-electron chi connectivity index (χ2n) is 8.73. The first-order valence-electron chi connectivity index (χ1n) is 10.8. The van der Waals surface area contributed by atoms with Crippen LogP contribution in [0.25, 0.3) is 22.3 Å². The van der Waals surface area contributed by atoms with Gasteiger partial charge >= 0.3 is 6.69 Å². The summed E-state index contributed by atoms with van der Waals surface area (Å²) in [7, 11) is 0. The van der Waals surface area contributed by atoms with Gasteiger partial charge in [-0.25, -0.2) is 0 Å². The standard InChI is InChI=1S/C28H22Cl2Si/c1-17-19-9-3-5-11-21(19)23-13-7-15-25(27(17)23)31(29,30)26-16-8-14-24-22-12-6-4-10-20(22)18(2)28(24)26/h3-18H,1-2H3. The maximum Gasteiger partial charge on any atom is 0.311 e. The number of fused-ring (bicyclic) bond motifs is 6. The zero-order chi connectivity index (χ0) is 21.3. The molecule has 4 aromatic carbocycles. The Morgan fingerprint density at radius 2 is 0.903 bits per heavy atom. The summed E-state index contributed by atoms with van der Waals surface area (Å²) < 4.78 is 0. The summed E-state index contributed by atoms with van der Waals surface area (Å²) in [6.45, 7) is 1.57. The second-order valence-corrected chi connectivity index (χ2v) is 14.9. The van der Waals surface area contributed by atoms with E-state index in [2.05, 4.69) is 98.8 Å². The highest BCUT2D eigenvalue weighted by Crippen LogP contribution is 2.47. The van der Waals surface area contributed by atoms with Gasteiger partial charge in [-0.1, -0.05) is 98.8 Å². The molecule has 2 unspecified atom stereocenters. The lowest BCUT2D eigenvalue weighted by molar-refractivity contribution is 0.961. The lowest BCUT2D eigenvalue weighted by atomic mass is 9.99. The summed E-state index contributed by atoms with van der Waals surface area (Å²) in [5.74, 6) is 0.580. The highest BCUT2D eigenvalue weighted by atomic mass is 35.7. The van der Waals surface area contributed by atoms with Gasteiger partial charge in [-0.15, -0.1) is 22.2 Å². The van der Waals surface area contributed by atoms with Crippen molar-refractivity contribution < 1.29 is 0 Å². The van der Waals surface area contributed by atoms with Crippen LogP contribution in [0.5, 0.6) is 0 Å². The second kappa shape index (κ2) is 6.84. The summed E-state index contributed by atoms with van der Waals surface area (Å²) in [6, 6.07) is 30.4. The van der Waals surface area contributed by atoms with Gasteiger partial charge in [0.25, 0.3) is 0 Å². The first kappa shape index (κ1) is 19.4. The maximum absolute atomic E-state index is 7.48. The molecule has 0 spiro atoms. The molecule has 3 heteroatoms. The molecular weight excluding hydrogens is 435 g/mol. The van der Waals surface area contributed by atoms with Crippen molar-refractivity contribution in [1.29, 1.82) is 0 Å². The Morgan fingerprint density at radius 3 is 1.35 bits per heavy atom. The molecule has 0 bridgehead atoms. The zero-order valence-electron chi connectivity index (χ0n) is 17.5. The molecule has 0 saturated carbocycles. The molecule has 0 heterocycles. The lowest BCUT2D eigenvalue weighted by Gasteiger charge is -2.26. The van der Waals surface area contributed by atoms with Crippen LogP contribution in [0, 0.1) is 0 Å². The average Bonchev–Trinajstić information content (AvgIpc) is 3.26. The fourth-order valence-corrected chi connectivity index (χ4v) is 10.0. The Balaban J connectivity index is 1.57. The quantitative estimate of drug-likeness (QED) is 0.225. The third-order valence-electron chi connectivity index (χ3n) is 7.19. The molecule has 0 nitrogen and oxygen atoms in total. The van der Waals surface area contributed by atoms with E-state index in [0.29, 0.717) is 0 Å². The monoisotopic (exact) mass is 456 g/mol. The van der Waals surface area contributed by atoms with Crippen LogP contribution in [0.1, 0.15) is 47.9 Å². The van der Waals surface area contributed by atoms with Gasteiger partial charge in [-0.3, -0.25) is 0 Å². The molecule has 4 aromatic rings.